The molecule has 4 rings (SSSR count). The fraction of sp³-hybridized carbons (Fsp3) is 0.0500. The fourth-order valence-corrected chi connectivity index (χ4v) is 4.85. The van der Waals surface area contributed by atoms with Crippen LogP contribution in [-0.4, -0.2) is 39.7 Å². The van der Waals surface area contributed by atoms with Gasteiger partial charge in [0.1, 0.15) is 0 Å². The van der Waals surface area contributed by atoms with Crippen molar-refractivity contribution in [1.82, 2.24) is 13.9 Å². The van der Waals surface area contributed by atoms with Crippen molar-refractivity contribution in [3.8, 4) is 11.4 Å². The molecule has 3 heterocycles. The van der Waals surface area contributed by atoms with E-state index in [0.29, 0.717) is 16.8 Å². The minimum atomic E-state index is -3.96. The van der Waals surface area contributed by atoms with Gasteiger partial charge < -0.3 is 5.11 Å². The molecule has 1 N–H and O–H groups in total. The van der Waals surface area contributed by atoms with Gasteiger partial charge >= 0.3 is 5.97 Å². The minimum Gasteiger partial charge on any atom is -0.478 e. The van der Waals surface area contributed by atoms with Crippen LogP contribution in [0.2, 0.25) is 0 Å². The van der Waals surface area contributed by atoms with E-state index in [4.69, 9.17) is 5.11 Å². The zero-order valence-corrected chi connectivity index (χ0v) is 16.8. The van der Waals surface area contributed by atoms with Crippen molar-refractivity contribution in [3.05, 3.63) is 72.6 Å². The van der Waals surface area contributed by atoms with Crippen molar-refractivity contribution in [2.24, 2.45) is 0 Å². The number of fused-ring (bicyclic) bond motifs is 1. The molecule has 9 heteroatoms. The maximum atomic E-state index is 13.4. The van der Waals surface area contributed by atoms with E-state index in [1.54, 1.807) is 30.5 Å². The predicted octanol–water partition coefficient (Wildman–Crippen LogP) is 3.76. The number of aromatic nitrogens is 3. The van der Waals surface area contributed by atoms with Gasteiger partial charge in [-0.05, 0) is 42.7 Å². The van der Waals surface area contributed by atoms with E-state index in [9.17, 15) is 13.2 Å². The molecule has 0 aliphatic carbocycles. The van der Waals surface area contributed by atoms with Gasteiger partial charge in [0.2, 0.25) is 0 Å². The Morgan fingerprint density at radius 1 is 1.03 bits per heavy atom. The number of hydrogen-bond acceptors (Lipinski definition) is 6. The molecule has 0 spiro atoms. The lowest BCUT2D eigenvalue weighted by Crippen LogP contribution is -2.15. The number of carboxylic acids is 1. The monoisotopic (exact) mass is 425 g/mol. The Hall–Kier alpha value is -3.17. The molecular formula is C20H15N3O4S2. The highest BCUT2D eigenvalue weighted by Crippen LogP contribution is 2.32. The molecule has 0 aliphatic heterocycles. The molecule has 0 aliphatic rings. The Morgan fingerprint density at radius 2 is 1.79 bits per heavy atom. The Morgan fingerprint density at radius 3 is 2.41 bits per heavy atom. The highest BCUT2D eigenvalue weighted by molar-refractivity contribution is 7.98. The van der Waals surface area contributed by atoms with Crippen LogP contribution in [0, 0.1) is 0 Å². The third-order valence-electron chi connectivity index (χ3n) is 4.36. The van der Waals surface area contributed by atoms with E-state index in [0.717, 1.165) is 8.87 Å². The molecule has 1 aromatic carbocycles. The quantitative estimate of drug-likeness (QED) is 0.486. The molecule has 0 unspecified atom stereocenters. The highest BCUT2D eigenvalue weighted by atomic mass is 32.2. The van der Waals surface area contributed by atoms with Crippen molar-refractivity contribution in [2.75, 3.05) is 6.26 Å². The molecule has 146 valence electrons. The van der Waals surface area contributed by atoms with Crippen molar-refractivity contribution in [3.63, 3.8) is 0 Å². The largest absolute Gasteiger partial charge is 0.478 e. The third-order valence-corrected chi connectivity index (χ3v) is 6.78. The van der Waals surface area contributed by atoms with Crippen molar-refractivity contribution in [2.45, 2.75) is 9.79 Å². The molecule has 0 fully saturated rings. The fourth-order valence-electron chi connectivity index (χ4n) is 2.95. The predicted molar refractivity (Wildman–Crippen MR) is 111 cm³/mol. The summed E-state index contributed by atoms with van der Waals surface area (Å²) in [6.45, 7) is 0. The second kappa shape index (κ2) is 7.34. The summed E-state index contributed by atoms with van der Waals surface area (Å²) in [4.78, 5) is 20.7. The van der Waals surface area contributed by atoms with Gasteiger partial charge in [0.05, 0.1) is 21.8 Å². The summed E-state index contributed by atoms with van der Waals surface area (Å²) in [7, 11) is -3.96. The van der Waals surface area contributed by atoms with E-state index in [1.807, 2.05) is 12.3 Å². The number of rotatable bonds is 5. The van der Waals surface area contributed by atoms with Gasteiger partial charge in [0, 0.05) is 22.7 Å². The smallest absolute Gasteiger partial charge is 0.337 e. The minimum absolute atomic E-state index is 0.0186. The van der Waals surface area contributed by atoms with Gasteiger partial charge in [-0.15, -0.1) is 11.8 Å². The first-order chi connectivity index (χ1) is 13.9. The summed E-state index contributed by atoms with van der Waals surface area (Å²) >= 11 is 1.50. The van der Waals surface area contributed by atoms with Crippen LogP contribution in [0.1, 0.15) is 10.4 Å². The molecule has 0 atom stereocenters. The lowest BCUT2D eigenvalue weighted by molar-refractivity contribution is 0.0696. The lowest BCUT2D eigenvalue weighted by atomic mass is 10.2. The van der Waals surface area contributed by atoms with Crippen molar-refractivity contribution in [1.29, 1.82) is 0 Å². The van der Waals surface area contributed by atoms with Gasteiger partial charge in [-0.3, -0.25) is 4.98 Å². The molecule has 0 saturated carbocycles. The maximum absolute atomic E-state index is 13.4. The second-order valence-electron chi connectivity index (χ2n) is 6.14. The van der Waals surface area contributed by atoms with E-state index in [2.05, 4.69) is 9.97 Å². The van der Waals surface area contributed by atoms with Crippen LogP contribution in [0.4, 0.5) is 0 Å². The first kappa shape index (κ1) is 19.2. The maximum Gasteiger partial charge on any atom is 0.337 e. The SMILES string of the molecule is CSc1cnc2c(c1)cc(-c1ccc(C(=O)O)cn1)n2S(=O)(=O)c1ccccc1. The molecular weight excluding hydrogens is 410 g/mol. The zero-order valence-electron chi connectivity index (χ0n) is 15.2. The van der Waals surface area contributed by atoms with Crippen LogP contribution in [0.3, 0.4) is 0 Å². The van der Waals surface area contributed by atoms with Crippen LogP contribution in [-0.2, 0) is 10.0 Å². The summed E-state index contributed by atoms with van der Waals surface area (Å²) in [6, 6.07) is 14.5. The normalized spacial score (nSPS) is 11.6. The van der Waals surface area contributed by atoms with Gasteiger partial charge in [-0.25, -0.2) is 22.2 Å². The van der Waals surface area contributed by atoms with Gasteiger partial charge in [-0.1, -0.05) is 18.2 Å². The number of benzene rings is 1. The Kier molecular flexibility index (Phi) is 4.85. The van der Waals surface area contributed by atoms with E-state index < -0.39 is 16.0 Å². The molecule has 7 nitrogen and oxygen atoms in total. The second-order valence-corrected chi connectivity index (χ2v) is 8.80. The molecule has 0 radical (unpaired) electrons. The zero-order chi connectivity index (χ0) is 20.6. The van der Waals surface area contributed by atoms with E-state index in [-0.39, 0.29) is 16.1 Å². The van der Waals surface area contributed by atoms with Crippen LogP contribution in [0.15, 0.2) is 76.8 Å². The molecule has 29 heavy (non-hydrogen) atoms. The molecule has 0 saturated heterocycles. The molecule has 0 amide bonds. The first-order valence-electron chi connectivity index (χ1n) is 8.47. The van der Waals surface area contributed by atoms with Gasteiger partial charge in [0.25, 0.3) is 10.0 Å². The number of carbonyl (C=O) groups is 1. The summed E-state index contributed by atoms with van der Waals surface area (Å²) in [5.41, 5.74) is 0.945. The standard InChI is InChI=1S/C20H15N3O4S2/c1-28-15-9-14-10-18(17-8-7-13(11-21-17)20(24)25)23(19(14)22-12-15)29(26,27)16-5-3-2-4-6-16/h2-12H,1H3,(H,24,25). The number of nitrogens with zero attached hydrogens (tertiary/aromatic N) is 3. The summed E-state index contributed by atoms with van der Waals surface area (Å²) < 4.78 is 28.0. The van der Waals surface area contributed by atoms with E-state index in [1.165, 1.54) is 42.2 Å². The van der Waals surface area contributed by atoms with Crippen LogP contribution >= 0.6 is 11.8 Å². The average molecular weight is 425 g/mol. The van der Waals surface area contributed by atoms with E-state index >= 15 is 0 Å². The number of carboxylic acid groups (broad SMARTS) is 1. The Labute approximate surface area is 171 Å². The van der Waals surface area contributed by atoms with Crippen molar-refractivity contribution >= 4 is 38.8 Å². The summed E-state index contributed by atoms with van der Waals surface area (Å²) in [5.74, 6) is -1.10. The molecule has 0 bridgehead atoms. The van der Waals surface area contributed by atoms with Crippen LogP contribution in [0.5, 0.6) is 0 Å². The Bertz CT molecular complexity index is 1320. The van der Waals surface area contributed by atoms with Gasteiger partial charge in [0.15, 0.2) is 5.65 Å². The van der Waals surface area contributed by atoms with Gasteiger partial charge in [-0.2, -0.15) is 0 Å². The van der Waals surface area contributed by atoms with Crippen LogP contribution < -0.4 is 0 Å². The number of pyridine rings is 2. The molecule has 4 aromatic rings. The summed E-state index contributed by atoms with van der Waals surface area (Å²) in [5, 5.41) is 9.75. The summed E-state index contributed by atoms with van der Waals surface area (Å²) in [6.07, 6.45) is 4.73. The van der Waals surface area contributed by atoms with Crippen LogP contribution in [0.25, 0.3) is 22.4 Å². The van der Waals surface area contributed by atoms with Crippen molar-refractivity contribution < 1.29 is 18.3 Å². The average Bonchev–Trinajstić information content (AvgIpc) is 3.13. The number of thioether (sulfide) groups is 1. The third kappa shape index (κ3) is 3.39. The first-order valence-corrected chi connectivity index (χ1v) is 11.1. The number of aromatic carboxylic acids is 1. The highest BCUT2D eigenvalue weighted by Gasteiger charge is 2.25. The lowest BCUT2D eigenvalue weighted by Gasteiger charge is -2.11. The molecule has 3 aromatic heterocycles. The topological polar surface area (TPSA) is 102 Å². The number of hydrogen-bond donors (Lipinski definition) is 1. The Balaban J connectivity index is 2.01.